The van der Waals surface area contributed by atoms with Gasteiger partial charge in [-0.3, -0.25) is 0 Å². The van der Waals surface area contributed by atoms with Crippen molar-refractivity contribution < 1.29 is 0 Å². The maximum atomic E-state index is 5.96. The molecule has 0 aromatic heterocycles. The van der Waals surface area contributed by atoms with E-state index in [4.69, 9.17) is 34.4 Å². The van der Waals surface area contributed by atoms with Crippen molar-refractivity contribution in [1.29, 1.82) is 0 Å². The molecule has 0 aromatic carbocycles. The van der Waals surface area contributed by atoms with Crippen LogP contribution in [-0.2, 0) is 0 Å². The van der Waals surface area contributed by atoms with Crippen LogP contribution in [0.25, 0.3) is 0 Å². The van der Waals surface area contributed by atoms with E-state index in [1.807, 2.05) is 0 Å². The lowest BCUT2D eigenvalue weighted by Crippen LogP contribution is -2.48. The first-order valence-corrected chi connectivity index (χ1v) is 5.93. The molecule has 0 spiro atoms. The summed E-state index contributed by atoms with van der Waals surface area (Å²) < 4.78 is 0. The van der Waals surface area contributed by atoms with Crippen LogP contribution in [0.4, 0.5) is 0 Å². The van der Waals surface area contributed by atoms with Gasteiger partial charge in [0.25, 0.3) is 0 Å². The number of hydrogen-bond acceptors (Lipinski definition) is 6. The van der Waals surface area contributed by atoms with Crippen molar-refractivity contribution in [2.45, 2.75) is 49.9 Å². The maximum Gasteiger partial charge on any atom is 0.0207 e. The van der Waals surface area contributed by atoms with Crippen molar-refractivity contribution in [2.24, 2.45) is 34.4 Å². The molecule has 0 aliphatic rings. The largest absolute Gasteiger partial charge is 0.330 e. The Kier molecular flexibility index (Phi) is 8.73. The number of nitrogens with two attached hydrogens (primary N) is 6. The van der Waals surface area contributed by atoms with Crippen LogP contribution in [0.3, 0.4) is 0 Å². The summed E-state index contributed by atoms with van der Waals surface area (Å²) in [4.78, 5) is 0. The van der Waals surface area contributed by atoms with Crippen molar-refractivity contribution in [2.75, 3.05) is 13.1 Å². The Morgan fingerprint density at radius 3 is 1.19 bits per heavy atom. The molecule has 12 N–H and O–H groups in total. The molecule has 6 nitrogen and oxygen atoms in total. The summed E-state index contributed by atoms with van der Waals surface area (Å²) in [6, 6.07) is -0.190. The monoisotopic (exact) mass is 232 g/mol. The van der Waals surface area contributed by atoms with Crippen LogP contribution in [0.5, 0.6) is 0 Å². The molecule has 0 saturated carbocycles. The molecule has 4 unspecified atom stereocenters. The average Bonchev–Trinajstić information content (AvgIpc) is 2.17. The summed E-state index contributed by atoms with van der Waals surface area (Å²) >= 11 is 0. The van der Waals surface area contributed by atoms with Crippen molar-refractivity contribution in [3.8, 4) is 0 Å². The molecule has 0 aliphatic carbocycles. The van der Waals surface area contributed by atoms with Crippen LogP contribution in [0.1, 0.15) is 25.7 Å². The fourth-order valence-electron chi connectivity index (χ4n) is 1.71. The number of hydrogen-bond donors (Lipinski definition) is 6. The van der Waals surface area contributed by atoms with Crippen LogP contribution in [0.2, 0.25) is 0 Å². The summed E-state index contributed by atoms with van der Waals surface area (Å²) in [5.74, 6) is 0. The molecule has 0 bridgehead atoms. The van der Waals surface area contributed by atoms with Gasteiger partial charge in [-0.1, -0.05) is 0 Å². The minimum absolute atomic E-state index is 0.0248. The van der Waals surface area contributed by atoms with Gasteiger partial charge in [-0.15, -0.1) is 0 Å². The highest BCUT2D eigenvalue weighted by Gasteiger charge is 2.18. The van der Waals surface area contributed by atoms with Gasteiger partial charge in [0.1, 0.15) is 0 Å². The van der Waals surface area contributed by atoms with Gasteiger partial charge in [0.05, 0.1) is 0 Å². The van der Waals surface area contributed by atoms with Gasteiger partial charge in [-0.05, 0) is 38.8 Å². The smallest absolute Gasteiger partial charge is 0.0207 e. The molecular formula is C10H28N6. The first-order valence-electron chi connectivity index (χ1n) is 5.93. The van der Waals surface area contributed by atoms with E-state index in [1.165, 1.54) is 0 Å². The highest BCUT2D eigenvalue weighted by molar-refractivity contribution is 4.83. The standard InChI is InChI=1S/C10H28N6/c11-3-1-7(13)5-9(15)10(16)6-8(14)2-4-12/h7-10H,1-6,11-16H2. The molecule has 16 heavy (non-hydrogen) atoms. The third kappa shape index (κ3) is 7.10. The predicted molar refractivity (Wildman–Crippen MR) is 68.5 cm³/mol. The molecule has 6 heteroatoms. The second kappa shape index (κ2) is 8.86. The van der Waals surface area contributed by atoms with Gasteiger partial charge in [-0.25, -0.2) is 0 Å². The van der Waals surface area contributed by atoms with E-state index in [9.17, 15) is 0 Å². The molecule has 0 radical (unpaired) electrons. The van der Waals surface area contributed by atoms with E-state index in [-0.39, 0.29) is 24.2 Å². The van der Waals surface area contributed by atoms with E-state index >= 15 is 0 Å². The molecular weight excluding hydrogens is 204 g/mol. The van der Waals surface area contributed by atoms with E-state index in [0.29, 0.717) is 25.9 Å². The third-order valence-corrected chi connectivity index (χ3v) is 2.77. The second-order valence-corrected chi connectivity index (χ2v) is 4.47. The van der Waals surface area contributed by atoms with E-state index < -0.39 is 0 Å². The first kappa shape index (κ1) is 15.8. The first-order chi connectivity index (χ1) is 7.51. The van der Waals surface area contributed by atoms with Gasteiger partial charge in [0.2, 0.25) is 0 Å². The minimum atomic E-state index is -0.120. The molecule has 0 heterocycles. The van der Waals surface area contributed by atoms with Gasteiger partial charge < -0.3 is 34.4 Å². The predicted octanol–water partition coefficient (Wildman–Crippen LogP) is -2.23. The summed E-state index contributed by atoms with van der Waals surface area (Å²) in [6.45, 7) is 1.16. The summed E-state index contributed by atoms with van der Waals surface area (Å²) in [6.07, 6.45) is 2.92. The summed E-state index contributed by atoms with van der Waals surface area (Å²) in [7, 11) is 0. The lowest BCUT2D eigenvalue weighted by atomic mass is 9.94. The van der Waals surface area contributed by atoms with Crippen molar-refractivity contribution in [3.63, 3.8) is 0 Å². The topological polar surface area (TPSA) is 156 Å². The van der Waals surface area contributed by atoms with Crippen molar-refractivity contribution >= 4 is 0 Å². The van der Waals surface area contributed by atoms with Gasteiger partial charge in [-0.2, -0.15) is 0 Å². The van der Waals surface area contributed by atoms with Gasteiger partial charge in [0.15, 0.2) is 0 Å². The Labute approximate surface area is 98.1 Å². The molecule has 0 fully saturated rings. The maximum absolute atomic E-state index is 5.96. The van der Waals surface area contributed by atoms with Crippen LogP contribution in [0.15, 0.2) is 0 Å². The Hall–Kier alpha value is -0.240. The van der Waals surface area contributed by atoms with E-state index in [1.54, 1.807) is 0 Å². The van der Waals surface area contributed by atoms with Crippen LogP contribution >= 0.6 is 0 Å². The van der Waals surface area contributed by atoms with Gasteiger partial charge >= 0.3 is 0 Å². The molecule has 0 rings (SSSR count). The van der Waals surface area contributed by atoms with Crippen LogP contribution in [-0.4, -0.2) is 37.3 Å². The molecule has 4 atom stereocenters. The fraction of sp³-hybridized carbons (Fsp3) is 1.00. The minimum Gasteiger partial charge on any atom is -0.330 e. The quantitative estimate of drug-likeness (QED) is 0.264. The van der Waals surface area contributed by atoms with Crippen LogP contribution < -0.4 is 34.4 Å². The summed E-state index contributed by atoms with van der Waals surface area (Å²) in [5, 5.41) is 0. The fourth-order valence-corrected chi connectivity index (χ4v) is 1.71. The lowest BCUT2D eigenvalue weighted by Gasteiger charge is -2.25. The van der Waals surface area contributed by atoms with E-state index in [2.05, 4.69) is 0 Å². The Balaban J connectivity index is 3.83. The van der Waals surface area contributed by atoms with E-state index in [0.717, 1.165) is 12.8 Å². The molecule has 0 aliphatic heterocycles. The Bertz CT molecular complexity index is 147. The van der Waals surface area contributed by atoms with Crippen molar-refractivity contribution in [1.82, 2.24) is 0 Å². The van der Waals surface area contributed by atoms with Crippen molar-refractivity contribution in [3.05, 3.63) is 0 Å². The average molecular weight is 232 g/mol. The highest BCUT2D eigenvalue weighted by Crippen LogP contribution is 2.06. The third-order valence-electron chi connectivity index (χ3n) is 2.77. The highest BCUT2D eigenvalue weighted by atomic mass is 14.8. The summed E-state index contributed by atoms with van der Waals surface area (Å²) in [5.41, 5.74) is 34.4. The number of rotatable bonds is 9. The molecule has 0 aromatic rings. The zero-order valence-electron chi connectivity index (χ0n) is 10.0. The Morgan fingerprint density at radius 2 is 0.938 bits per heavy atom. The Morgan fingerprint density at radius 1 is 0.625 bits per heavy atom. The molecule has 0 amide bonds. The second-order valence-electron chi connectivity index (χ2n) is 4.47. The SMILES string of the molecule is NCCC(N)CC(N)C(N)CC(N)CCN. The van der Waals surface area contributed by atoms with Crippen LogP contribution in [0, 0.1) is 0 Å². The molecule has 98 valence electrons. The normalized spacial score (nSPS) is 19.1. The zero-order valence-corrected chi connectivity index (χ0v) is 10.0. The zero-order chi connectivity index (χ0) is 12.6. The molecule has 0 saturated heterocycles. The van der Waals surface area contributed by atoms with Gasteiger partial charge in [0, 0.05) is 24.2 Å². The lowest BCUT2D eigenvalue weighted by molar-refractivity contribution is 0.395.